The first-order valence-corrected chi connectivity index (χ1v) is 11.8. The van der Waals surface area contributed by atoms with E-state index in [-0.39, 0.29) is 23.4 Å². The Balaban J connectivity index is 1.97. The third-order valence-corrected chi connectivity index (χ3v) is 9.72. The Morgan fingerprint density at radius 1 is 0.833 bits per heavy atom. The fourth-order valence-corrected chi connectivity index (χ4v) is 8.10. The second kappa shape index (κ2) is 8.25. The molecule has 30 heavy (non-hydrogen) atoms. The lowest BCUT2D eigenvalue weighted by Crippen LogP contribution is -2.36. The fourth-order valence-electron chi connectivity index (χ4n) is 4.02. The summed E-state index contributed by atoms with van der Waals surface area (Å²) in [5.74, 6) is -0.486. The number of benzene rings is 3. The largest absolute Gasteiger partial charge is 0.858 e. The second-order valence-corrected chi connectivity index (χ2v) is 10.8. The van der Waals surface area contributed by atoms with E-state index < -0.39 is 7.26 Å². The monoisotopic (exact) mass is 414 g/mol. The van der Waals surface area contributed by atoms with Gasteiger partial charge in [0.15, 0.2) is 0 Å². The molecule has 1 aromatic heterocycles. The van der Waals surface area contributed by atoms with Crippen molar-refractivity contribution in [2.24, 2.45) is 7.05 Å². The quantitative estimate of drug-likeness (QED) is 0.360. The average molecular weight is 414 g/mol. The molecule has 0 aliphatic heterocycles. The van der Waals surface area contributed by atoms with Gasteiger partial charge in [0.2, 0.25) is 5.78 Å². The van der Waals surface area contributed by atoms with E-state index in [1.807, 2.05) is 54.6 Å². The van der Waals surface area contributed by atoms with Gasteiger partial charge in [0.25, 0.3) is 0 Å². The van der Waals surface area contributed by atoms with Crippen LogP contribution >= 0.6 is 7.26 Å². The van der Waals surface area contributed by atoms with Crippen LogP contribution in [0.15, 0.2) is 91.0 Å². The summed E-state index contributed by atoms with van der Waals surface area (Å²) >= 11 is 0. The molecule has 0 fully saturated rings. The molecule has 5 heteroatoms. The highest BCUT2D eigenvalue weighted by molar-refractivity contribution is 7.96. The molecule has 4 aromatic rings. The number of carbonyl (C=O) groups excluding carboxylic acids is 1. The number of aromatic nitrogens is 2. The fraction of sp³-hybridized carbons (Fsp3) is 0.120. The van der Waals surface area contributed by atoms with Crippen LogP contribution in [0, 0.1) is 6.92 Å². The molecular weight excluding hydrogens is 391 g/mol. The zero-order valence-corrected chi connectivity index (χ0v) is 17.9. The van der Waals surface area contributed by atoms with E-state index in [0.29, 0.717) is 5.69 Å². The van der Waals surface area contributed by atoms with E-state index in [4.69, 9.17) is 0 Å². The highest BCUT2D eigenvalue weighted by Gasteiger charge is 2.47. The van der Waals surface area contributed by atoms with E-state index in [0.717, 1.165) is 15.9 Å². The molecule has 4 rings (SSSR count). The third kappa shape index (κ3) is 3.44. The maximum Gasteiger partial charge on any atom is 0.203 e. The highest BCUT2D eigenvalue weighted by Crippen LogP contribution is 2.55. The molecule has 0 saturated heterocycles. The minimum atomic E-state index is -2.33. The summed E-state index contributed by atoms with van der Waals surface area (Å²) in [5, 5.41) is 20.1. The van der Waals surface area contributed by atoms with Crippen molar-refractivity contribution in [2.75, 3.05) is 6.16 Å². The zero-order chi connectivity index (χ0) is 21.1. The van der Waals surface area contributed by atoms with Gasteiger partial charge in [-0.25, -0.2) is 0 Å². The van der Waals surface area contributed by atoms with Gasteiger partial charge in [0, 0.05) is 7.05 Å². The Hall–Kier alpha value is -3.23. The molecule has 150 valence electrons. The Bertz CT molecular complexity index is 1060. The van der Waals surface area contributed by atoms with Crippen molar-refractivity contribution in [3.63, 3.8) is 0 Å². The first-order valence-electron chi connectivity index (χ1n) is 9.83. The van der Waals surface area contributed by atoms with E-state index in [9.17, 15) is 9.90 Å². The molecule has 0 bridgehead atoms. The normalized spacial score (nSPS) is 11.4. The van der Waals surface area contributed by atoms with Gasteiger partial charge in [-0.05, 0) is 49.2 Å². The van der Waals surface area contributed by atoms with Crippen LogP contribution in [0.3, 0.4) is 0 Å². The predicted octanol–water partition coefficient (Wildman–Crippen LogP) is 2.98. The Kier molecular flexibility index (Phi) is 5.52. The minimum absolute atomic E-state index is 0.157. The number of ketones is 1. The Morgan fingerprint density at radius 3 is 1.57 bits per heavy atom. The minimum Gasteiger partial charge on any atom is -0.858 e. The van der Waals surface area contributed by atoms with Gasteiger partial charge in [0.05, 0.1) is 11.3 Å². The van der Waals surface area contributed by atoms with Crippen LogP contribution in [0.2, 0.25) is 0 Å². The van der Waals surface area contributed by atoms with Crippen LogP contribution in [0.1, 0.15) is 16.1 Å². The molecule has 1 heterocycles. The first kappa shape index (κ1) is 20.1. The molecule has 3 aromatic carbocycles. The average Bonchev–Trinajstić information content (AvgIpc) is 3.05. The maximum atomic E-state index is 13.6. The van der Waals surface area contributed by atoms with Crippen LogP contribution in [0.4, 0.5) is 0 Å². The van der Waals surface area contributed by atoms with Crippen LogP contribution < -0.4 is 21.0 Å². The predicted molar refractivity (Wildman–Crippen MR) is 122 cm³/mol. The lowest BCUT2D eigenvalue weighted by molar-refractivity contribution is -0.279. The smallest absolute Gasteiger partial charge is 0.203 e. The summed E-state index contributed by atoms with van der Waals surface area (Å²) in [6.45, 7) is 1.72. The number of carbonyl (C=O) groups is 1. The summed E-state index contributed by atoms with van der Waals surface area (Å²) in [4.78, 5) is 13.6. The molecule has 0 unspecified atom stereocenters. The number of nitrogens with zero attached hydrogens (tertiary/aromatic N) is 2. The van der Waals surface area contributed by atoms with E-state index in [1.165, 1.54) is 4.68 Å². The van der Waals surface area contributed by atoms with Gasteiger partial charge >= 0.3 is 0 Å². The molecular formula is C25H23N2O2P. The van der Waals surface area contributed by atoms with Crippen molar-refractivity contribution in [3.05, 3.63) is 102 Å². The lowest BCUT2D eigenvalue weighted by atomic mass is 10.2. The lowest BCUT2D eigenvalue weighted by Gasteiger charge is -2.27. The van der Waals surface area contributed by atoms with Gasteiger partial charge < -0.3 is 5.11 Å². The summed E-state index contributed by atoms with van der Waals surface area (Å²) in [5.41, 5.74) is 0.685. The van der Waals surface area contributed by atoms with Crippen molar-refractivity contribution >= 4 is 29.0 Å². The van der Waals surface area contributed by atoms with Gasteiger partial charge in [0.1, 0.15) is 29.3 Å². The van der Waals surface area contributed by atoms with E-state index >= 15 is 0 Å². The topological polar surface area (TPSA) is 57.9 Å². The molecule has 0 saturated carbocycles. The Morgan fingerprint density at radius 2 is 1.23 bits per heavy atom. The van der Waals surface area contributed by atoms with Crippen molar-refractivity contribution in [3.8, 4) is 5.88 Å². The van der Waals surface area contributed by atoms with Gasteiger partial charge in [-0.2, -0.15) is 5.10 Å². The molecule has 0 aliphatic carbocycles. The highest BCUT2D eigenvalue weighted by atomic mass is 31.2. The second-order valence-electron chi connectivity index (χ2n) is 7.29. The molecule has 0 atom stereocenters. The van der Waals surface area contributed by atoms with Crippen LogP contribution in [0.25, 0.3) is 0 Å². The maximum absolute atomic E-state index is 13.6. The van der Waals surface area contributed by atoms with E-state index in [1.54, 1.807) is 14.0 Å². The molecule has 0 aliphatic rings. The van der Waals surface area contributed by atoms with Crippen molar-refractivity contribution in [1.29, 1.82) is 0 Å². The Labute approximate surface area is 177 Å². The van der Waals surface area contributed by atoms with E-state index in [2.05, 4.69) is 41.5 Å². The SMILES string of the molecule is Cc1nn(C)c([O-])c1C(=O)C[P+](c1ccccc1)(c1ccccc1)c1ccccc1. The number of rotatable bonds is 6. The van der Waals surface area contributed by atoms with Crippen LogP contribution in [-0.4, -0.2) is 21.7 Å². The van der Waals surface area contributed by atoms with Crippen molar-refractivity contribution < 1.29 is 9.90 Å². The third-order valence-electron chi connectivity index (χ3n) is 5.42. The van der Waals surface area contributed by atoms with Gasteiger partial charge in [-0.15, -0.1) is 0 Å². The molecule has 0 N–H and O–H groups in total. The summed E-state index contributed by atoms with van der Waals surface area (Å²) < 4.78 is 1.25. The zero-order valence-electron chi connectivity index (χ0n) is 17.0. The molecule has 0 spiro atoms. The van der Waals surface area contributed by atoms with Gasteiger partial charge in [-0.1, -0.05) is 54.6 Å². The first-order chi connectivity index (χ1) is 14.5. The van der Waals surface area contributed by atoms with Crippen molar-refractivity contribution in [1.82, 2.24) is 9.78 Å². The molecule has 4 nitrogen and oxygen atoms in total. The number of Topliss-reactive ketones (excluding diaryl/α,β-unsaturated/α-hetero) is 1. The summed E-state index contributed by atoms with van der Waals surface area (Å²) in [7, 11) is -0.747. The van der Waals surface area contributed by atoms with Crippen molar-refractivity contribution in [2.45, 2.75) is 6.92 Å². The number of hydrogen-bond acceptors (Lipinski definition) is 3. The van der Waals surface area contributed by atoms with Crippen LogP contribution in [0.5, 0.6) is 5.88 Å². The number of aryl methyl sites for hydroxylation is 2. The number of hydrogen-bond donors (Lipinski definition) is 0. The van der Waals surface area contributed by atoms with Crippen LogP contribution in [-0.2, 0) is 7.05 Å². The molecule has 0 radical (unpaired) electrons. The standard InChI is InChI=1S/C25H23N2O2P/c1-19-24(25(29)27(2)26-19)23(28)18-30(20-12-6-3-7-13-20,21-14-8-4-9-15-21)22-16-10-5-11-17-22/h3-17H,18H2,1-2H3. The summed E-state index contributed by atoms with van der Waals surface area (Å²) in [6.07, 6.45) is 0.243. The molecule has 0 amide bonds. The summed E-state index contributed by atoms with van der Waals surface area (Å²) in [6, 6.07) is 30.6. The van der Waals surface area contributed by atoms with Gasteiger partial charge in [-0.3, -0.25) is 9.48 Å².